The highest BCUT2D eigenvalue weighted by atomic mass is 16.5. The first-order valence-electron chi connectivity index (χ1n) is 8.03. The van der Waals surface area contributed by atoms with Crippen LogP contribution in [0.5, 0.6) is 5.75 Å². The van der Waals surface area contributed by atoms with E-state index in [0.717, 1.165) is 17.2 Å². The average Bonchev–Trinajstić information content (AvgIpc) is 2.51. The molecule has 0 spiro atoms. The molecule has 1 aliphatic rings. The Kier molecular flexibility index (Phi) is 11.2. The number of hydrogen-bond acceptors (Lipinski definition) is 2. The second-order valence-electron chi connectivity index (χ2n) is 5.31. The largest absolute Gasteiger partial charge is 0.497 e. The van der Waals surface area contributed by atoms with Crippen LogP contribution in [0.1, 0.15) is 71.4 Å². The smallest absolute Gasteiger partial charge is 0.118 e. The van der Waals surface area contributed by atoms with E-state index in [0.29, 0.717) is 0 Å². The van der Waals surface area contributed by atoms with Crippen LogP contribution in [0.4, 0.5) is 0 Å². The molecule has 1 aromatic carbocycles. The molecule has 116 valence electrons. The first-order chi connectivity index (χ1) is 9.63. The Bertz CT molecular complexity index is 313. The summed E-state index contributed by atoms with van der Waals surface area (Å²) in [6, 6.07) is 7.88. The zero-order valence-corrected chi connectivity index (χ0v) is 14.0. The third-order valence-corrected chi connectivity index (χ3v) is 3.54. The molecule has 1 fully saturated rings. The molecular weight excluding hydrogens is 246 g/mol. The first-order valence-corrected chi connectivity index (χ1v) is 8.03. The van der Waals surface area contributed by atoms with Crippen molar-refractivity contribution in [1.29, 1.82) is 0 Å². The van der Waals surface area contributed by atoms with Gasteiger partial charge in [-0.3, -0.25) is 0 Å². The second-order valence-corrected chi connectivity index (χ2v) is 5.31. The Labute approximate surface area is 125 Å². The van der Waals surface area contributed by atoms with Crippen molar-refractivity contribution in [2.75, 3.05) is 7.11 Å². The lowest BCUT2D eigenvalue weighted by Crippen LogP contribution is -2.04. The lowest BCUT2D eigenvalue weighted by atomic mass is 9.91. The maximum Gasteiger partial charge on any atom is 0.118 e. The molecule has 0 amide bonds. The normalized spacial score (nSPS) is 16.1. The van der Waals surface area contributed by atoms with Crippen LogP contribution in [-0.2, 0) is 0 Å². The lowest BCUT2D eigenvalue weighted by molar-refractivity contribution is 0.385. The van der Waals surface area contributed by atoms with Crippen LogP contribution in [0.2, 0.25) is 0 Å². The number of hydrogen-bond donors (Lipinski definition) is 1. The fraction of sp³-hybridized carbons (Fsp3) is 0.667. The molecule has 1 aromatic rings. The minimum Gasteiger partial charge on any atom is -0.497 e. The van der Waals surface area contributed by atoms with E-state index >= 15 is 0 Å². The Hall–Kier alpha value is -1.02. The van der Waals surface area contributed by atoms with Crippen molar-refractivity contribution < 1.29 is 4.74 Å². The molecule has 2 nitrogen and oxygen atoms in total. The third kappa shape index (κ3) is 8.21. The average molecular weight is 279 g/mol. The summed E-state index contributed by atoms with van der Waals surface area (Å²) in [7, 11) is 1.65. The van der Waals surface area contributed by atoms with Crippen LogP contribution in [0.3, 0.4) is 0 Å². The molecule has 0 aromatic heterocycles. The molecule has 2 N–H and O–H groups in total. The Morgan fingerprint density at radius 2 is 1.55 bits per heavy atom. The number of methoxy groups -OCH3 is 1. The summed E-state index contributed by atoms with van der Waals surface area (Å²) in [5.74, 6) is 1.91. The fourth-order valence-electron chi connectivity index (χ4n) is 2.21. The fourth-order valence-corrected chi connectivity index (χ4v) is 2.21. The van der Waals surface area contributed by atoms with Gasteiger partial charge in [0.1, 0.15) is 5.75 Å². The van der Waals surface area contributed by atoms with Gasteiger partial charge in [0.25, 0.3) is 0 Å². The van der Waals surface area contributed by atoms with Crippen molar-refractivity contribution in [3.05, 3.63) is 29.8 Å². The molecule has 1 atom stereocenters. The van der Waals surface area contributed by atoms with Gasteiger partial charge in [0.15, 0.2) is 0 Å². The van der Waals surface area contributed by atoms with E-state index < -0.39 is 0 Å². The molecule has 0 bridgehead atoms. The molecule has 0 saturated heterocycles. The Balaban J connectivity index is 0.000000345. The van der Waals surface area contributed by atoms with E-state index in [1.165, 1.54) is 32.1 Å². The highest BCUT2D eigenvalue weighted by molar-refractivity contribution is 5.28. The van der Waals surface area contributed by atoms with Crippen LogP contribution in [0, 0.1) is 5.92 Å². The number of ether oxygens (including phenoxy) is 1. The van der Waals surface area contributed by atoms with Crippen molar-refractivity contribution in [1.82, 2.24) is 0 Å². The van der Waals surface area contributed by atoms with Gasteiger partial charge in [-0.25, -0.2) is 0 Å². The van der Waals surface area contributed by atoms with Gasteiger partial charge < -0.3 is 10.5 Å². The SMILES string of the molecule is CC.CC1CCCCC1.COc1ccc([C@H](C)N)cc1. The molecule has 2 rings (SSSR count). The van der Waals surface area contributed by atoms with Crippen molar-refractivity contribution >= 4 is 0 Å². The van der Waals surface area contributed by atoms with Gasteiger partial charge >= 0.3 is 0 Å². The minimum absolute atomic E-state index is 0.0981. The van der Waals surface area contributed by atoms with Gasteiger partial charge in [0, 0.05) is 6.04 Å². The molecule has 1 aliphatic carbocycles. The lowest BCUT2D eigenvalue weighted by Gasteiger charge is -2.15. The highest BCUT2D eigenvalue weighted by Gasteiger charge is 2.05. The molecular formula is C18H33NO. The van der Waals surface area contributed by atoms with Crippen LogP contribution in [0.25, 0.3) is 0 Å². The van der Waals surface area contributed by atoms with Crippen molar-refractivity contribution in [2.24, 2.45) is 11.7 Å². The van der Waals surface area contributed by atoms with Gasteiger partial charge in [0.2, 0.25) is 0 Å². The maximum atomic E-state index is 5.66. The molecule has 0 aliphatic heterocycles. The number of benzene rings is 1. The van der Waals surface area contributed by atoms with E-state index in [1.807, 2.05) is 45.0 Å². The third-order valence-electron chi connectivity index (χ3n) is 3.54. The first kappa shape index (κ1) is 19.0. The summed E-state index contributed by atoms with van der Waals surface area (Å²) in [5.41, 5.74) is 6.79. The quantitative estimate of drug-likeness (QED) is 0.794. The van der Waals surface area contributed by atoms with Gasteiger partial charge in [-0.1, -0.05) is 65.0 Å². The zero-order chi connectivity index (χ0) is 15.4. The van der Waals surface area contributed by atoms with Gasteiger partial charge in [0.05, 0.1) is 7.11 Å². The van der Waals surface area contributed by atoms with Gasteiger partial charge in [-0.05, 0) is 30.5 Å². The van der Waals surface area contributed by atoms with Crippen molar-refractivity contribution in [2.45, 2.75) is 65.8 Å². The standard InChI is InChI=1S/C9H13NO.C7H14.C2H6/c1-7(10)8-3-5-9(11-2)6-4-8;1-7-5-3-2-4-6-7;1-2/h3-7H,10H2,1-2H3;7H,2-6H2,1H3;1-2H3/t7-;;/m0../s1. The Morgan fingerprint density at radius 3 is 1.85 bits per heavy atom. The summed E-state index contributed by atoms with van der Waals surface area (Å²) in [6.45, 7) is 8.32. The predicted octanol–water partition coefficient (Wildman–Crippen LogP) is 5.33. The second kappa shape index (κ2) is 11.8. The molecule has 0 heterocycles. The van der Waals surface area contributed by atoms with E-state index in [2.05, 4.69) is 6.92 Å². The van der Waals surface area contributed by atoms with E-state index in [4.69, 9.17) is 10.5 Å². The van der Waals surface area contributed by atoms with Crippen molar-refractivity contribution in [3.8, 4) is 5.75 Å². The molecule has 0 unspecified atom stereocenters. The summed E-state index contributed by atoms with van der Waals surface area (Å²) in [4.78, 5) is 0. The van der Waals surface area contributed by atoms with Crippen LogP contribution in [-0.4, -0.2) is 7.11 Å². The van der Waals surface area contributed by atoms with Gasteiger partial charge in [-0.15, -0.1) is 0 Å². The van der Waals surface area contributed by atoms with Crippen LogP contribution >= 0.6 is 0 Å². The molecule has 0 radical (unpaired) electrons. The van der Waals surface area contributed by atoms with Crippen LogP contribution < -0.4 is 10.5 Å². The zero-order valence-electron chi connectivity index (χ0n) is 14.0. The van der Waals surface area contributed by atoms with E-state index in [9.17, 15) is 0 Å². The number of rotatable bonds is 2. The van der Waals surface area contributed by atoms with Crippen LogP contribution in [0.15, 0.2) is 24.3 Å². The summed E-state index contributed by atoms with van der Waals surface area (Å²) in [5, 5.41) is 0. The highest BCUT2D eigenvalue weighted by Crippen LogP contribution is 2.22. The number of nitrogens with two attached hydrogens (primary N) is 1. The summed E-state index contributed by atoms with van der Waals surface area (Å²) < 4.78 is 5.01. The molecule has 1 saturated carbocycles. The maximum absolute atomic E-state index is 5.66. The predicted molar refractivity (Wildman–Crippen MR) is 89.2 cm³/mol. The summed E-state index contributed by atoms with van der Waals surface area (Å²) >= 11 is 0. The minimum atomic E-state index is 0.0981. The monoisotopic (exact) mass is 279 g/mol. The Morgan fingerprint density at radius 1 is 1.05 bits per heavy atom. The van der Waals surface area contributed by atoms with E-state index in [-0.39, 0.29) is 6.04 Å². The van der Waals surface area contributed by atoms with Gasteiger partial charge in [-0.2, -0.15) is 0 Å². The topological polar surface area (TPSA) is 35.2 Å². The molecule has 2 heteroatoms. The van der Waals surface area contributed by atoms with E-state index in [1.54, 1.807) is 7.11 Å². The van der Waals surface area contributed by atoms with Crippen molar-refractivity contribution in [3.63, 3.8) is 0 Å². The summed E-state index contributed by atoms with van der Waals surface area (Å²) in [6.07, 6.45) is 7.44. The molecule has 20 heavy (non-hydrogen) atoms.